The number of para-hydroxylation sites is 2. The number of aryl methyl sites for hydroxylation is 1. The van der Waals surface area contributed by atoms with Crippen LogP contribution in [0.2, 0.25) is 0 Å². The van der Waals surface area contributed by atoms with E-state index in [1.165, 1.54) is 5.52 Å². The number of imidazole rings is 1. The maximum absolute atomic E-state index is 5.69. The van der Waals surface area contributed by atoms with Gasteiger partial charge in [0.15, 0.2) is 11.6 Å². The first-order valence-corrected chi connectivity index (χ1v) is 8.26. The lowest BCUT2D eigenvalue weighted by Crippen LogP contribution is -2.32. The second kappa shape index (κ2) is 4.64. The number of benzene rings is 1. The Balaban J connectivity index is 1.62. The molecule has 0 atom stereocenters. The topological polar surface area (TPSA) is 57.8 Å². The molecule has 118 valence electrons. The first-order chi connectivity index (χ1) is 11.3. The molecule has 23 heavy (non-hydrogen) atoms. The van der Waals surface area contributed by atoms with Crippen LogP contribution < -0.4 is 0 Å². The molecule has 6 nitrogen and oxygen atoms in total. The average molecular weight is 309 g/mol. The standard InChI is InChI=1S/C17H19N5O/c1-2-14-18-12-5-3-4-6-13(12)21(14)9-15-19-20-16-10-23-11-17(7-8-17)22(15)16/h3-6H,2,7-11H2,1H3. The normalized spacial score (nSPS) is 18.5. The van der Waals surface area contributed by atoms with Crippen molar-refractivity contribution in [1.29, 1.82) is 0 Å². The molecular weight excluding hydrogens is 290 g/mol. The third kappa shape index (κ3) is 1.88. The number of hydrogen-bond acceptors (Lipinski definition) is 4. The minimum atomic E-state index is 0.120. The van der Waals surface area contributed by atoms with Crippen molar-refractivity contribution in [1.82, 2.24) is 24.3 Å². The summed E-state index contributed by atoms with van der Waals surface area (Å²) in [5.41, 5.74) is 2.33. The van der Waals surface area contributed by atoms with Crippen LogP contribution in [-0.4, -0.2) is 30.9 Å². The second-order valence-corrected chi connectivity index (χ2v) is 6.54. The maximum atomic E-state index is 5.69. The van der Waals surface area contributed by atoms with Crippen LogP contribution in [0, 0.1) is 0 Å². The average Bonchev–Trinajstić information content (AvgIpc) is 3.07. The van der Waals surface area contributed by atoms with E-state index in [0.29, 0.717) is 6.61 Å². The van der Waals surface area contributed by atoms with Crippen molar-refractivity contribution in [3.63, 3.8) is 0 Å². The molecule has 1 aliphatic heterocycles. The van der Waals surface area contributed by atoms with Gasteiger partial charge in [0.05, 0.1) is 29.7 Å². The molecule has 0 saturated heterocycles. The first-order valence-electron chi connectivity index (χ1n) is 8.26. The summed E-state index contributed by atoms with van der Waals surface area (Å²) in [7, 11) is 0. The highest BCUT2D eigenvalue weighted by molar-refractivity contribution is 5.76. The van der Waals surface area contributed by atoms with Gasteiger partial charge >= 0.3 is 0 Å². The van der Waals surface area contributed by atoms with E-state index < -0.39 is 0 Å². The Morgan fingerprint density at radius 1 is 1.17 bits per heavy atom. The third-order valence-electron chi connectivity index (χ3n) is 5.05. The van der Waals surface area contributed by atoms with Crippen molar-refractivity contribution in [2.45, 2.75) is 44.9 Å². The van der Waals surface area contributed by atoms with Crippen LogP contribution >= 0.6 is 0 Å². The summed E-state index contributed by atoms with van der Waals surface area (Å²) in [6.45, 7) is 4.22. The molecule has 2 aliphatic rings. The van der Waals surface area contributed by atoms with Crippen LogP contribution in [0.3, 0.4) is 0 Å². The Labute approximate surface area is 134 Å². The number of ether oxygens (including phenoxy) is 1. The van der Waals surface area contributed by atoms with Gasteiger partial charge in [0, 0.05) is 6.42 Å². The van der Waals surface area contributed by atoms with E-state index in [-0.39, 0.29) is 5.54 Å². The van der Waals surface area contributed by atoms with Crippen molar-refractivity contribution in [2.24, 2.45) is 0 Å². The van der Waals surface area contributed by atoms with E-state index in [9.17, 15) is 0 Å². The van der Waals surface area contributed by atoms with Gasteiger partial charge < -0.3 is 13.9 Å². The molecule has 3 aromatic rings. The summed E-state index contributed by atoms with van der Waals surface area (Å²) < 4.78 is 10.3. The van der Waals surface area contributed by atoms with Gasteiger partial charge in [-0.25, -0.2) is 4.98 Å². The van der Waals surface area contributed by atoms with Crippen molar-refractivity contribution in [2.75, 3.05) is 6.61 Å². The van der Waals surface area contributed by atoms with Crippen LogP contribution in [-0.2, 0) is 29.8 Å². The highest BCUT2D eigenvalue weighted by Gasteiger charge is 2.49. The minimum Gasteiger partial charge on any atom is -0.371 e. The molecule has 1 fully saturated rings. The molecule has 0 bridgehead atoms. The monoisotopic (exact) mass is 309 g/mol. The highest BCUT2D eigenvalue weighted by Crippen LogP contribution is 2.47. The van der Waals surface area contributed by atoms with Gasteiger partial charge in [-0.3, -0.25) is 0 Å². The fourth-order valence-corrected chi connectivity index (χ4v) is 3.72. The van der Waals surface area contributed by atoms with Crippen LogP contribution in [0.4, 0.5) is 0 Å². The Hall–Kier alpha value is -2.21. The summed E-state index contributed by atoms with van der Waals surface area (Å²) >= 11 is 0. The molecule has 0 amide bonds. The fraction of sp³-hybridized carbons (Fsp3) is 0.471. The van der Waals surface area contributed by atoms with Crippen molar-refractivity contribution < 1.29 is 4.74 Å². The Bertz CT molecular complexity index is 890. The van der Waals surface area contributed by atoms with Crippen molar-refractivity contribution in [3.05, 3.63) is 41.7 Å². The first kappa shape index (κ1) is 13.2. The molecule has 0 unspecified atom stereocenters. The van der Waals surface area contributed by atoms with E-state index in [4.69, 9.17) is 9.72 Å². The predicted octanol–water partition coefficient (Wildman–Crippen LogP) is 2.26. The van der Waals surface area contributed by atoms with Gasteiger partial charge in [0.2, 0.25) is 0 Å². The number of fused-ring (bicyclic) bond motifs is 3. The van der Waals surface area contributed by atoms with Crippen LogP contribution in [0.1, 0.15) is 37.2 Å². The molecule has 2 aromatic heterocycles. The molecule has 6 heteroatoms. The fourth-order valence-electron chi connectivity index (χ4n) is 3.72. The van der Waals surface area contributed by atoms with Gasteiger partial charge in [-0.15, -0.1) is 10.2 Å². The van der Waals surface area contributed by atoms with Gasteiger partial charge in [0.25, 0.3) is 0 Å². The molecule has 1 aromatic carbocycles. The Kier molecular flexibility index (Phi) is 2.68. The van der Waals surface area contributed by atoms with Gasteiger partial charge in [-0.05, 0) is 25.0 Å². The molecule has 1 aliphatic carbocycles. The lowest BCUT2D eigenvalue weighted by molar-refractivity contribution is 0.0432. The van der Waals surface area contributed by atoms with E-state index in [1.807, 2.05) is 6.07 Å². The zero-order valence-corrected chi connectivity index (χ0v) is 13.2. The number of rotatable bonds is 3. The predicted molar refractivity (Wildman–Crippen MR) is 85.1 cm³/mol. The van der Waals surface area contributed by atoms with Crippen LogP contribution in [0.5, 0.6) is 0 Å². The molecule has 0 N–H and O–H groups in total. The number of nitrogens with zero attached hydrogens (tertiary/aromatic N) is 5. The summed E-state index contributed by atoms with van der Waals surface area (Å²) in [4.78, 5) is 4.76. The maximum Gasteiger partial charge on any atom is 0.159 e. The second-order valence-electron chi connectivity index (χ2n) is 6.54. The Morgan fingerprint density at radius 2 is 2.04 bits per heavy atom. The minimum absolute atomic E-state index is 0.120. The lowest BCUT2D eigenvalue weighted by atomic mass is 10.2. The Morgan fingerprint density at radius 3 is 2.87 bits per heavy atom. The lowest BCUT2D eigenvalue weighted by Gasteiger charge is -2.26. The van der Waals surface area contributed by atoms with Gasteiger partial charge in [-0.2, -0.15) is 0 Å². The molecule has 3 heterocycles. The number of aromatic nitrogens is 5. The molecule has 1 saturated carbocycles. The largest absolute Gasteiger partial charge is 0.371 e. The van der Waals surface area contributed by atoms with Crippen molar-refractivity contribution >= 4 is 11.0 Å². The van der Waals surface area contributed by atoms with E-state index in [0.717, 1.165) is 55.4 Å². The highest BCUT2D eigenvalue weighted by atomic mass is 16.5. The SMILES string of the molecule is CCc1nc2ccccc2n1Cc1nnc2n1C1(CC1)COC2. The molecule has 5 rings (SSSR count). The summed E-state index contributed by atoms with van der Waals surface area (Å²) in [6.07, 6.45) is 3.23. The van der Waals surface area contributed by atoms with E-state index in [1.54, 1.807) is 0 Å². The van der Waals surface area contributed by atoms with Gasteiger partial charge in [-0.1, -0.05) is 19.1 Å². The molecule has 0 radical (unpaired) electrons. The number of hydrogen-bond donors (Lipinski definition) is 0. The zero-order valence-electron chi connectivity index (χ0n) is 13.2. The third-order valence-corrected chi connectivity index (χ3v) is 5.05. The van der Waals surface area contributed by atoms with E-state index in [2.05, 4.69) is 44.5 Å². The summed E-state index contributed by atoms with van der Waals surface area (Å²) in [6, 6.07) is 8.30. The summed E-state index contributed by atoms with van der Waals surface area (Å²) in [5, 5.41) is 8.84. The van der Waals surface area contributed by atoms with Crippen LogP contribution in [0.25, 0.3) is 11.0 Å². The van der Waals surface area contributed by atoms with Crippen molar-refractivity contribution in [3.8, 4) is 0 Å². The zero-order chi connectivity index (χ0) is 15.4. The smallest absolute Gasteiger partial charge is 0.159 e. The van der Waals surface area contributed by atoms with Gasteiger partial charge in [0.1, 0.15) is 12.4 Å². The molecular formula is C17H19N5O. The summed E-state index contributed by atoms with van der Waals surface area (Å²) in [5.74, 6) is 3.09. The van der Waals surface area contributed by atoms with Crippen LogP contribution in [0.15, 0.2) is 24.3 Å². The van der Waals surface area contributed by atoms with E-state index >= 15 is 0 Å². The quantitative estimate of drug-likeness (QED) is 0.744. The molecule has 1 spiro atoms.